The molecule has 0 aromatic heterocycles. The van der Waals surface area contributed by atoms with E-state index in [0.29, 0.717) is 5.78 Å². The Labute approximate surface area is 114 Å². The van der Waals surface area contributed by atoms with Crippen LogP contribution in [0.15, 0.2) is 11.6 Å². The van der Waals surface area contributed by atoms with Crippen LogP contribution in [0.2, 0.25) is 0 Å². The molecule has 0 radical (unpaired) electrons. The minimum Gasteiger partial charge on any atom is -0.300 e. The molecule has 0 bridgehead atoms. The van der Waals surface area contributed by atoms with Gasteiger partial charge in [-0.3, -0.25) is 4.79 Å². The maximum atomic E-state index is 11.8. The van der Waals surface area contributed by atoms with Gasteiger partial charge in [-0.1, -0.05) is 64.5 Å². The van der Waals surface area contributed by atoms with Crippen molar-refractivity contribution in [3.8, 4) is 0 Å². The Bertz CT molecular complexity index is 228. The maximum Gasteiger partial charge on any atom is 0.133 e. The molecule has 0 aliphatic carbocycles. The van der Waals surface area contributed by atoms with Crippen LogP contribution in [0.3, 0.4) is 0 Å². The molecule has 106 valence electrons. The second kappa shape index (κ2) is 12.9. The Morgan fingerprint density at radius 2 is 1.56 bits per heavy atom. The molecule has 0 aliphatic rings. The Morgan fingerprint density at radius 3 is 2.17 bits per heavy atom. The van der Waals surface area contributed by atoms with Crippen LogP contribution in [-0.4, -0.2) is 5.78 Å². The van der Waals surface area contributed by atoms with Crippen molar-refractivity contribution < 1.29 is 4.79 Å². The Morgan fingerprint density at radius 1 is 0.778 bits per heavy atom. The van der Waals surface area contributed by atoms with Gasteiger partial charge in [-0.25, -0.2) is 0 Å². The lowest BCUT2D eigenvalue weighted by Gasteiger charge is -2.06. The van der Waals surface area contributed by atoms with Gasteiger partial charge in [0.1, 0.15) is 5.78 Å². The van der Waals surface area contributed by atoms with Gasteiger partial charge in [-0.05, 0) is 25.7 Å². The van der Waals surface area contributed by atoms with Gasteiger partial charge in [-0.15, -0.1) is 0 Å². The van der Waals surface area contributed by atoms with Crippen molar-refractivity contribution >= 4 is 5.78 Å². The Kier molecular flexibility index (Phi) is 12.4. The van der Waals surface area contributed by atoms with E-state index >= 15 is 0 Å². The summed E-state index contributed by atoms with van der Waals surface area (Å²) >= 11 is 0. The average molecular weight is 252 g/mol. The summed E-state index contributed by atoms with van der Waals surface area (Å²) in [6.07, 6.45) is 14.5. The van der Waals surface area contributed by atoms with Crippen LogP contribution >= 0.6 is 0 Å². The lowest BCUT2D eigenvalue weighted by molar-refractivity contribution is -0.119. The van der Waals surface area contributed by atoms with Crippen molar-refractivity contribution in [2.24, 2.45) is 0 Å². The first-order valence-electron chi connectivity index (χ1n) is 7.94. The summed E-state index contributed by atoms with van der Waals surface area (Å²) < 4.78 is 0. The number of carbonyl (C=O) groups excluding carboxylic acids is 1. The highest BCUT2D eigenvalue weighted by molar-refractivity contribution is 5.78. The number of hydrogen-bond acceptors (Lipinski definition) is 1. The van der Waals surface area contributed by atoms with Crippen LogP contribution in [0, 0.1) is 0 Å². The predicted octanol–water partition coefficient (Wildman–Crippen LogP) is 5.83. The SMILES string of the molecule is CCC/C=C(\CCC)CCC(=O)CCCCCC. The first-order valence-corrected chi connectivity index (χ1v) is 7.94. The molecule has 18 heavy (non-hydrogen) atoms. The quantitative estimate of drug-likeness (QED) is 0.315. The van der Waals surface area contributed by atoms with Crippen LogP contribution < -0.4 is 0 Å². The van der Waals surface area contributed by atoms with E-state index < -0.39 is 0 Å². The topological polar surface area (TPSA) is 17.1 Å². The van der Waals surface area contributed by atoms with E-state index in [0.717, 1.165) is 25.7 Å². The third-order valence-electron chi connectivity index (χ3n) is 3.33. The highest BCUT2D eigenvalue weighted by Gasteiger charge is 2.04. The van der Waals surface area contributed by atoms with Gasteiger partial charge in [-0.2, -0.15) is 0 Å². The van der Waals surface area contributed by atoms with Crippen LogP contribution in [-0.2, 0) is 4.79 Å². The summed E-state index contributed by atoms with van der Waals surface area (Å²) in [4.78, 5) is 11.8. The van der Waals surface area contributed by atoms with Crippen molar-refractivity contribution in [1.29, 1.82) is 0 Å². The summed E-state index contributed by atoms with van der Waals surface area (Å²) in [5, 5.41) is 0. The molecule has 0 saturated carbocycles. The monoisotopic (exact) mass is 252 g/mol. The summed E-state index contributed by atoms with van der Waals surface area (Å²) in [5.41, 5.74) is 1.50. The lowest BCUT2D eigenvalue weighted by Crippen LogP contribution is -1.99. The van der Waals surface area contributed by atoms with Crippen LogP contribution in [0.5, 0.6) is 0 Å². The third kappa shape index (κ3) is 10.6. The number of ketones is 1. The van der Waals surface area contributed by atoms with E-state index in [1.807, 2.05) is 0 Å². The van der Waals surface area contributed by atoms with Crippen molar-refractivity contribution in [2.45, 2.75) is 91.4 Å². The average Bonchev–Trinajstić information content (AvgIpc) is 2.38. The number of hydrogen-bond donors (Lipinski definition) is 0. The van der Waals surface area contributed by atoms with E-state index in [1.165, 1.54) is 50.5 Å². The Balaban J connectivity index is 3.77. The highest BCUT2D eigenvalue weighted by Crippen LogP contribution is 2.15. The number of unbranched alkanes of at least 4 members (excludes halogenated alkanes) is 4. The van der Waals surface area contributed by atoms with E-state index in [1.54, 1.807) is 0 Å². The molecule has 0 aromatic rings. The van der Waals surface area contributed by atoms with E-state index in [9.17, 15) is 4.79 Å². The summed E-state index contributed by atoms with van der Waals surface area (Å²) in [7, 11) is 0. The largest absolute Gasteiger partial charge is 0.300 e. The molecule has 0 rings (SSSR count). The summed E-state index contributed by atoms with van der Waals surface area (Å²) in [6.45, 7) is 6.63. The fourth-order valence-electron chi connectivity index (χ4n) is 2.17. The first-order chi connectivity index (χ1) is 8.74. The van der Waals surface area contributed by atoms with Gasteiger partial charge in [0.05, 0.1) is 0 Å². The zero-order valence-electron chi connectivity index (χ0n) is 12.8. The van der Waals surface area contributed by atoms with Crippen LogP contribution in [0.25, 0.3) is 0 Å². The minimum absolute atomic E-state index is 0.463. The summed E-state index contributed by atoms with van der Waals surface area (Å²) in [6, 6.07) is 0. The van der Waals surface area contributed by atoms with Crippen LogP contribution in [0.1, 0.15) is 91.4 Å². The van der Waals surface area contributed by atoms with Gasteiger partial charge in [0.25, 0.3) is 0 Å². The second-order valence-electron chi connectivity index (χ2n) is 5.25. The fraction of sp³-hybridized carbons (Fsp3) is 0.824. The van der Waals surface area contributed by atoms with Crippen molar-refractivity contribution in [3.63, 3.8) is 0 Å². The highest BCUT2D eigenvalue weighted by atomic mass is 16.1. The van der Waals surface area contributed by atoms with Crippen molar-refractivity contribution in [1.82, 2.24) is 0 Å². The van der Waals surface area contributed by atoms with E-state index in [2.05, 4.69) is 26.8 Å². The molecule has 0 N–H and O–H groups in total. The molecular weight excluding hydrogens is 220 g/mol. The first kappa shape index (κ1) is 17.4. The van der Waals surface area contributed by atoms with Gasteiger partial charge < -0.3 is 0 Å². The molecule has 0 unspecified atom stereocenters. The van der Waals surface area contributed by atoms with Crippen LogP contribution in [0.4, 0.5) is 0 Å². The molecule has 0 heterocycles. The predicted molar refractivity (Wildman–Crippen MR) is 80.9 cm³/mol. The van der Waals surface area contributed by atoms with Gasteiger partial charge >= 0.3 is 0 Å². The number of allylic oxidation sites excluding steroid dienone is 2. The number of rotatable bonds is 12. The number of carbonyl (C=O) groups is 1. The minimum atomic E-state index is 0.463. The van der Waals surface area contributed by atoms with Gasteiger partial charge in [0.2, 0.25) is 0 Å². The van der Waals surface area contributed by atoms with E-state index in [4.69, 9.17) is 0 Å². The normalized spacial score (nSPS) is 11.8. The zero-order valence-corrected chi connectivity index (χ0v) is 12.8. The molecule has 1 nitrogen and oxygen atoms in total. The van der Waals surface area contributed by atoms with E-state index in [-0.39, 0.29) is 0 Å². The van der Waals surface area contributed by atoms with Gasteiger partial charge in [0, 0.05) is 12.8 Å². The fourth-order valence-corrected chi connectivity index (χ4v) is 2.17. The molecule has 1 heteroatoms. The smallest absolute Gasteiger partial charge is 0.133 e. The molecular formula is C17H32O. The second-order valence-corrected chi connectivity index (χ2v) is 5.25. The molecule has 0 saturated heterocycles. The van der Waals surface area contributed by atoms with Crippen molar-refractivity contribution in [2.75, 3.05) is 0 Å². The molecule has 0 aromatic carbocycles. The van der Waals surface area contributed by atoms with Gasteiger partial charge in [0.15, 0.2) is 0 Å². The molecule has 0 fully saturated rings. The Hall–Kier alpha value is -0.590. The zero-order chi connectivity index (χ0) is 13.6. The maximum absolute atomic E-state index is 11.8. The number of Topliss-reactive ketones (excluding diaryl/α,β-unsaturated/α-hetero) is 1. The molecule has 0 atom stereocenters. The molecule has 0 amide bonds. The molecule has 0 spiro atoms. The standard InChI is InChI=1S/C17H32O/c1-4-7-9-10-13-17(18)15-14-16(11-6-3)12-8-5-2/h12H,4-11,13-15H2,1-3H3/b16-12+. The third-order valence-corrected chi connectivity index (χ3v) is 3.33. The van der Waals surface area contributed by atoms with Crippen molar-refractivity contribution in [3.05, 3.63) is 11.6 Å². The summed E-state index contributed by atoms with van der Waals surface area (Å²) in [5.74, 6) is 0.463. The lowest BCUT2D eigenvalue weighted by atomic mass is 9.99. The molecule has 0 aliphatic heterocycles.